The largest absolute Gasteiger partial charge is 0.356 e. The van der Waals surface area contributed by atoms with Crippen LogP contribution in [0.5, 0.6) is 0 Å². The highest BCUT2D eigenvalue weighted by atomic mass is 127. The third-order valence-electron chi connectivity index (χ3n) is 4.57. The quantitative estimate of drug-likeness (QED) is 0.290. The number of guanidine groups is 1. The summed E-state index contributed by atoms with van der Waals surface area (Å²) in [6.45, 7) is 2.24. The normalized spacial score (nSPS) is 12.9. The van der Waals surface area contributed by atoms with Crippen molar-refractivity contribution in [2.24, 2.45) is 4.99 Å². The van der Waals surface area contributed by atoms with E-state index < -0.39 is 0 Å². The van der Waals surface area contributed by atoms with Crippen LogP contribution in [-0.2, 0) is 17.8 Å². The second-order valence-electron chi connectivity index (χ2n) is 6.37. The Morgan fingerprint density at radius 1 is 1.07 bits per heavy atom. The number of fused-ring (bicyclic) bond motifs is 1. The van der Waals surface area contributed by atoms with E-state index in [4.69, 9.17) is 0 Å². The summed E-state index contributed by atoms with van der Waals surface area (Å²) >= 11 is 0. The second-order valence-corrected chi connectivity index (χ2v) is 6.37. The van der Waals surface area contributed by atoms with E-state index in [-0.39, 0.29) is 29.9 Å². The van der Waals surface area contributed by atoms with Gasteiger partial charge in [0, 0.05) is 38.8 Å². The molecule has 0 bridgehead atoms. The minimum Gasteiger partial charge on any atom is -0.356 e. The van der Waals surface area contributed by atoms with E-state index in [0.29, 0.717) is 6.42 Å². The number of anilines is 1. The van der Waals surface area contributed by atoms with Crippen LogP contribution in [0.4, 0.5) is 5.69 Å². The van der Waals surface area contributed by atoms with Gasteiger partial charge in [-0.05, 0) is 30.0 Å². The van der Waals surface area contributed by atoms with Gasteiger partial charge in [-0.2, -0.15) is 0 Å². The predicted molar refractivity (Wildman–Crippen MR) is 122 cm³/mol. The molecule has 0 fully saturated rings. The Balaban J connectivity index is 0.00000261. The van der Waals surface area contributed by atoms with Crippen LogP contribution in [0.25, 0.3) is 0 Å². The molecule has 3 rings (SSSR count). The van der Waals surface area contributed by atoms with Crippen LogP contribution in [0, 0.1) is 0 Å². The number of para-hydroxylation sites is 1. The predicted octanol–water partition coefficient (Wildman–Crippen LogP) is 3.34. The maximum absolute atomic E-state index is 12.5. The fraction of sp³-hybridized carbons (Fsp3) is 0.333. The van der Waals surface area contributed by atoms with Gasteiger partial charge in [-0.15, -0.1) is 24.0 Å². The minimum absolute atomic E-state index is 0. The van der Waals surface area contributed by atoms with Crippen LogP contribution >= 0.6 is 24.0 Å². The van der Waals surface area contributed by atoms with Crippen molar-refractivity contribution in [1.82, 2.24) is 10.6 Å². The van der Waals surface area contributed by atoms with Gasteiger partial charge in [-0.3, -0.25) is 9.79 Å². The molecule has 1 amide bonds. The zero-order chi connectivity index (χ0) is 18.2. The molecule has 0 radical (unpaired) electrons. The van der Waals surface area contributed by atoms with E-state index in [1.165, 1.54) is 11.1 Å². The molecule has 0 aliphatic carbocycles. The molecule has 5 nitrogen and oxygen atoms in total. The van der Waals surface area contributed by atoms with Crippen molar-refractivity contribution in [3.8, 4) is 0 Å². The number of rotatable bonds is 6. The Morgan fingerprint density at radius 2 is 1.81 bits per heavy atom. The van der Waals surface area contributed by atoms with E-state index in [1.54, 1.807) is 7.05 Å². The van der Waals surface area contributed by atoms with Gasteiger partial charge in [0.05, 0.1) is 0 Å². The molecule has 27 heavy (non-hydrogen) atoms. The lowest BCUT2D eigenvalue weighted by Gasteiger charge is -2.17. The number of benzene rings is 2. The van der Waals surface area contributed by atoms with Crippen molar-refractivity contribution >= 4 is 41.5 Å². The molecular weight excluding hydrogens is 451 g/mol. The van der Waals surface area contributed by atoms with Gasteiger partial charge in [-0.25, -0.2) is 0 Å². The van der Waals surface area contributed by atoms with Gasteiger partial charge >= 0.3 is 0 Å². The Labute approximate surface area is 178 Å². The van der Waals surface area contributed by atoms with E-state index in [0.717, 1.165) is 44.1 Å². The van der Waals surface area contributed by atoms with Gasteiger partial charge in [0.1, 0.15) is 0 Å². The topological polar surface area (TPSA) is 56.7 Å². The molecule has 2 aromatic carbocycles. The third kappa shape index (κ3) is 5.95. The molecule has 2 aromatic rings. The highest BCUT2D eigenvalue weighted by Crippen LogP contribution is 2.27. The summed E-state index contributed by atoms with van der Waals surface area (Å²) in [5, 5.41) is 6.56. The molecular formula is C21H27IN4O. The van der Waals surface area contributed by atoms with E-state index in [1.807, 2.05) is 41.3 Å². The molecule has 0 saturated heterocycles. The highest BCUT2D eigenvalue weighted by Gasteiger charge is 2.23. The number of amides is 1. The number of carbonyl (C=O) groups excluding carboxylic acids is 1. The average molecular weight is 478 g/mol. The Bertz CT molecular complexity index is 764. The Hall–Kier alpha value is -2.09. The van der Waals surface area contributed by atoms with Gasteiger partial charge in [0.15, 0.2) is 5.96 Å². The first-order valence-corrected chi connectivity index (χ1v) is 9.14. The molecule has 1 aliphatic heterocycles. The molecule has 0 saturated carbocycles. The second kappa shape index (κ2) is 10.9. The first kappa shape index (κ1) is 21.2. The Kier molecular flexibility index (Phi) is 8.57. The molecule has 2 N–H and O–H groups in total. The van der Waals surface area contributed by atoms with Crippen molar-refractivity contribution in [2.75, 3.05) is 25.0 Å². The number of hydrogen-bond donors (Lipinski definition) is 2. The Morgan fingerprint density at radius 3 is 2.59 bits per heavy atom. The van der Waals surface area contributed by atoms with Gasteiger partial charge in [0.25, 0.3) is 0 Å². The van der Waals surface area contributed by atoms with Gasteiger partial charge in [-0.1, -0.05) is 48.5 Å². The lowest BCUT2D eigenvalue weighted by molar-refractivity contribution is -0.118. The average Bonchev–Trinajstić information content (AvgIpc) is 3.12. The fourth-order valence-electron chi connectivity index (χ4n) is 3.18. The maximum atomic E-state index is 12.5. The number of hydrogen-bond acceptors (Lipinski definition) is 2. The lowest BCUT2D eigenvalue weighted by Crippen LogP contribution is -2.37. The monoisotopic (exact) mass is 478 g/mol. The number of nitrogens with zero attached hydrogens (tertiary/aromatic N) is 2. The molecule has 1 aliphatic rings. The van der Waals surface area contributed by atoms with Crippen LogP contribution in [0.15, 0.2) is 59.6 Å². The van der Waals surface area contributed by atoms with Gasteiger partial charge < -0.3 is 15.5 Å². The lowest BCUT2D eigenvalue weighted by atomic mass is 10.2. The summed E-state index contributed by atoms with van der Waals surface area (Å²) < 4.78 is 0. The van der Waals surface area contributed by atoms with E-state index >= 15 is 0 Å². The first-order valence-electron chi connectivity index (χ1n) is 9.14. The minimum atomic E-state index is 0. The van der Waals surface area contributed by atoms with Gasteiger partial charge in [0.2, 0.25) is 5.91 Å². The zero-order valence-electron chi connectivity index (χ0n) is 15.6. The molecule has 0 atom stereocenters. The van der Waals surface area contributed by atoms with Crippen LogP contribution in [0.3, 0.4) is 0 Å². The summed E-state index contributed by atoms with van der Waals surface area (Å²) in [4.78, 5) is 18.6. The summed E-state index contributed by atoms with van der Waals surface area (Å²) in [5.74, 6) is 0.955. The van der Waals surface area contributed by atoms with Crippen LogP contribution in [0.2, 0.25) is 0 Å². The zero-order valence-corrected chi connectivity index (χ0v) is 18.0. The third-order valence-corrected chi connectivity index (χ3v) is 4.57. The summed E-state index contributed by atoms with van der Waals surface area (Å²) in [5.41, 5.74) is 3.55. The molecule has 0 unspecified atom stereocenters. The summed E-state index contributed by atoms with van der Waals surface area (Å²) in [6, 6.07) is 18.4. The molecule has 1 heterocycles. The number of halogens is 1. The van der Waals surface area contributed by atoms with Crippen LogP contribution in [-0.4, -0.2) is 32.0 Å². The van der Waals surface area contributed by atoms with Crippen LogP contribution in [0.1, 0.15) is 24.0 Å². The number of carbonyl (C=O) groups is 1. The van der Waals surface area contributed by atoms with Crippen molar-refractivity contribution < 1.29 is 4.79 Å². The van der Waals surface area contributed by atoms with Crippen molar-refractivity contribution in [3.05, 3.63) is 65.7 Å². The molecule has 144 valence electrons. The molecule has 0 aromatic heterocycles. The van der Waals surface area contributed by atoms with Crippen molar-refractivity contribution in [1.29, 1.82) is 0 Å². The SMILES string of the molecule is CN=C(NCCCC(=O)N1CCc2ccccc21)NCc1ccccc1.I. The fourth-order valence-corrected chi connectivity index (χ4v) is 3.18. The maximum Gasteiger partial charge on any atom is 0.227 e. The van der Waals surface area contributed by atoms with E-state index in [2.05, 4.69) is 33.8 Å². The van der Waals surface area contributed by atoms with Crippen LogP contribution < -0.4 is 15.5 Å². The van der Waals surface area contributed by atoms with E-state index in [9.17, 15) is 4.79 Å². The molecule has 0 spiro atoms. The van der Waals surface area contributed by atoms with Crippen molar-refractivity contribution in [2.45, 2.75) is 25.8 Å². The number of aliphatic imine (C=N–C) groups is 1. The standard InChI is InChI=1S/C21H26N4O.HI/c1-22-21(24-16-17-8-3-2-4-9-17)23-14-7-12-20(26)25-15-13-18-10-5-6-11-19(18)25;/h2-6,8-11H,7,12-16H2,1H3,(H2,22,23,24);1H. The highest BCUT2D eigenvalue weighted by molar-refractivity contribution is 14.0. The number of nitrogens with one attached hydrogen (secondary N) is 2. The molecule has 6 heteroatoms. The summed E-state index contributed by atoms with van der Waals surface area (Å²) in [7, 11) is 1.76. The smallest absolute Gasteiger partial charge is 0.227 e. The van der Waals surface area contributed by atoms with Crippen molar-refractivity contribution in [3.63, 3.8) is 0 Å². The summed E-state index contributed by atoms with van der Waals surface area (Å²) in [6.07, 6.45) is 2.27. The first-order chi connectivity index (χ1) is 12.8.